The molecule has 1 fully saturated rings. The summed E-state index contributed by atoms with van der Waals surface area (Å²) >= 11 is 0.868. The Morgan fingerprint density at radius 1 is 0.767 bits per heavy atom. The molecule has 1 aromatic heterocycles. The van der Waals surface area contributed by atoms with E-state index in [4.69, 9.17) is 9.47 Å². The van der Waals surface area contributed by atoms with Crippen molar-refractivity contribution in [1.82, 2.24) is 0 Å². The number of rotatable bonds is 9. The molecule has 1 heterocycles. The summed E-state index contributed by atoms with van der Waals surface area (Å²) in [6.07, 6.45) is -4.83. The van der Waals surface area contributed by atoms with E-state index in [0.29, 0.717) is 12.1 Å². The number of alkyl halides is 2. The van der Waals surface area contributed by atoms with Gasteiger partial charge in [-0.05, 0) is 86.4 Å². The van der Waals surface area contributed by atoms with Crippen LogP contribution in [0, 0.1) is 40.7 Å². The number of halogens is 9. The molecule has 0 aliphatic heterocycles. The predicted molar refractivity (Wildman–Crippen MR) is 144 cm³/mol. The highest BCUT2D eigenvalue weighted by molar-refractivity contribution is 7.19. The van der Waals surface area contributed by atoms with E-state index in [1.165, 1.54) is 6.07 Å². The highest BCUT2D eigenvalue weighted by Crippen LogP contribution is 2.41. The fourth-order valence-corrected chi connectivity index (χ4v) is 6.58. The van der Waals surface area contributed by atoms with Gasteiger partial charge in [0.05, 0.1) is 23.7 Å². The largest absolute Gasteiger partial charge is 0.494 e. The molecule has 43 heavy (non-hydrogen) atoms. The Balaban J connectivity index is 1.20. The second-order valence-electron chi connectivity index (χ2n) is 10.4. The molecule has 0 amide bonds. The maximum atomic E-state index is 14.9. The smallest absolute Gasteiger partial charge is 0.356 e. The first-order chi connectivity index (χ1) is 20.4. The van der Waals surface area contributed by atoms with Crippen LogP contribution in [0.3, 0.4) is 0 Å². The molecule has 0 N–H and O–H groups in total. The summed E-state index contributed by atoms with van der Waals surface area (Å²) in [6, 6.07) is 5.52. The Morgan fingerprint density at radius 2 is 1.40 bits per heavy atom. The number of fused-ring (bicyclic) bond motifs is 1. The van der Waals surface area contributed by atoms with Gasteiger partial charge >= 0.3 is 6.11 Å². The lowest BCUT2D eigenvalue weighted by Crippen LogP contribution is -2.31. The van der Waals surface area contributed by atoms with Crippen LogP contribution in [0.2, 0.25) is 0 Å². The van der Waals surface area contributed by atoms with Crippen LogP contribution in [0.5, 0.6) is 5.75 Å². The number of benzene rings is 3. The summed E-state index contributed by atoms with van der Waals surface area (Å²) in [7, 11) is 0. The zero-order valence-corrected chi connectivity index (χ0v) is 23.5. The van der Waals surface area contributed by atoms with Crippen LogP contribution >= 0.6 is 11.3 Å². The van der Waals surface area contributed by atoms with Crippen LogP contribution in [0.15, 0.2) is 36.4 Å². The Morgan fingerprint density at radius 3 is 2.00 bits per heavy atom. The van der Waals surface area contributed by atoms with Crippen molar-refractivity contribution >= 4 is 21.4 Å². The van der Waals surface area contributed by atoms with Gasteiger partial charge in [0.15, 0.2) is 17.5 Å². The van der Waals surface area contributed by atoms with Crippen molar-refractivity contribution in [2.75, 3.05) is 6.61 Å². The van der Waals surface area contributed by atoms with Gasteiger partial charge in [-0.25, -0.2) is 30.7 Å². The van der Waals surface area contributed by atoms with Gasteiger partial charge in [-0.15, -0.1) is 11.3 Å². The summed E-state index contributed by atoms with van der Waals surface area (Å²) in [5, 5.41) is -0.274. The van der Waals surface area contributed by atoms with E-state index in [1.54, 1.807) is 6.92 Å². The molecular weight excluding hydrogens is 607 g/mol. The average Bonchev–Trinajstić information content (AvgIpc) is 3.26. The highest BCUT2D eigenvalue weighted by atomic mass is 32.1. The lowest BCUT2D eigenvalue weighted by molar-refractivity contribution is -0.270. The number of hydrogen-bond donors (Lipinski definition) is 0. The minimum atomic E-state index is -3.60. The van der Waals surface area contributed by atoms with Gasteiger partial charge < -0.3 is 9.47 Å². The molecule has 0 bridgehead atoms. The number of hydrogen-bond acceptors (Lipinski definition) is 3. The minimum Gasteiger partial charge on any atom is -0.494 e. The molecule has 0 spiro atoms. The molecular formula is C31H25F9O2S. The van der Waals surface area contributed by atoms with Crippen molar-refractivity contribution in [3.63, 3.8) is 0 Å². The second-order valence-corrected chi connectivity index (χ2v) is 11.5. The van der Waals surface area contributed by atoms with E-state index in [0.717, 1.165) is 29.5 Å². The summed E-state index contributed by atoms with van der Waals surface area (Å²) in [4.78, 5) is -0.0341. The first kappa shape index (κ1) is 31.2. The van der Waals surface area contributed by atoms with E-state index in [9.17, 15) is 39.5 Å². The van der Waals surface area contributed by atoms with E-state index in [1.807, 2.05) is 0 Å². The highest BCUT2D eigenvalue weighted by Gasteiger charge is 2.36. The molecule has 5 rings (SSSR count). The lowest BCUT2D eigenvalue weighted by Gasteiger charge is -2.31. The summed E-state index contributed by atoms with van der Waals surface area (Å²) in [5.41, 5.74) is -0.981. The van der Waals surface area contributed by atoms with Crippen LogP contribution in [0.25, 0.3) is 21.2 Å². The van der Waals surface area contributed by atoms with Gasteiger partial charge in [-0.3, -0.25) is 0 Å². The third kappa shape index (κ3) is 6.64. The van der Waals surface area contributed by atoms with Gasteiger partial charge in [0, 0.05) is 22.1 Å². The second kappa shape index (κ2) is 12.4. The first-order valence-corrected chi connectivity index (χ1v) is 14.4. The monoisotopic (exact) mass is 632 g/mol. The van der Waals surface area contributed by atoms with E-state index >= 15 is 0 Å². The first-order valence-electron chi connectivity index (χ1n) is 13.6. The molecule has 4 aromatic rings. The van der Waals surface area contributed by atoms with Gasteiger partial charge in [-0.1, -0.05) is 0 Å². The molecule has 2 nitrogen and oxygen atoms in total. The summed E-state index contributed by atoms with van der Waals surface area (Å²) in [6.45, 7) is 1.98. The van der Waals surface area contributed by atoms with E-state index in [2.05, 4.69) is 0 Å². The maximum absolute atomic E-state index is 14.9. The molecule has 0 unspecified atom stereocenters. The van der Waals surface area contributed by atoms with Gasteiger partial charge in [0.25, 0.3) is 0 Å². The Kier molecular flexibility index (Phi) is 8.99. The van der Waals surface area contributed by atoms with Gasteiger partial charge in [0.1, 0.15) is 29.0 Å². The molecule has 1 saturated carbocycles. The lowest BCUT2D eigenvalue weighted by atomic mass is 9.82. The molecule has 0 saturated heterocycles. The van der Waals surface area contributed by atoms with Crippen LogP contribution in [0.4, 0.5) is 39.5 Å². The normalized spacial score (nSPS) is 17.5. The van der Waals surface area contributed by atoms with Crippen molar-refractivity contribution in [3.8, 4) is 16.9 Å². The number of thiophene rings is 1. The Hall–Kier alpha value is -3.25. The molecule has 3 aromatic carbocycles. The maximum Gasteiger partial charge on any atom is 0.356 e. The zero-order valence-electron chi connectivity index (χ0n) is 22.7. The predicted octanol–water partition coefficient (Wildman–Crippen LogP) is 10.2. The molecule has 1 aliphatic carbocycles. The third-order valence-corrected chi connectivity index (χ3v) is 8.67. The van der Waals surface area contributed by atoms with Crippen LogP contribution in [-0.4, -0.2) is 18.8 Å². The molecule has 12 heteroatoms. The van der Waals surface area contributed by atoms with E-state index < -0.39 is 76.4 Å². The zero-order chi connectivity index (χ0) is 31.1. The summed E-state index contributed by atoms with van der Waals surface area (Å²) < 4.78 is 139. The van der Waals surface area contributed by atoms with Crippen molar-refractivity contribution in [2.45, 2.75) is 63.6 Å². The van der Waals surface area contributed by atoms with Crippen molar-refractivity contribution in [2.24, 2.45) is 0 Å². The van der Waals surface area contributed by atoms with Crippen LogP contribution in [-0.2, 0) is 11.2 Å². The average molecular weight is 633 g/mol. The van der Waals surface area contributed by atoms with E-state index in [-0.39, 0.29) is 65.0 Å². The SMILES string of the molecule is CCOc1cc(F)c2c(F)c(CCC(F)(F)OC3CCC(c4cc(F)c(-c5cc(F)c(F)c(F)c5)c(F)c4)CC3)sc2c1. The fourth-order valence-electron chi connectivity index (χ4n) is 5.46. The fraction of sp³-hybridized carbons (Fsp3) is 0.355. The topological polar surface area (TPSA) is 18.5 Å². The molecule has 0 atom stereocenters. The van der Waals surface area contributed by atoms with Crippen LogP contribution < -0.4 is 4.74 Å². The minimum absolute atomic E-state index is 0.0341. The third-order valence-electron chi connectivity index (χ3n) is 7.50. The number of ether oxygens (including phenoxy) is 2. The van der Waals surface area contributed by atoms with Crippen molar-refractivity contribution in [1.29, 1.82) is 0 Å². The van der Waals surface area contributed by atoms with Crippen LogP contribution in [0.1, 0.15) is 55.4 Å². The standard InChI is InChI=1S/C31H25F9O2S/c1-2-41-19-13-22(34)28-26(14-19)43-25(30(28)38)7-8-31(39,40)42-18-5-3-15(4-6-18)16-9-20(32)27(21(33)10-16)17-11-23(35)29(37)24(36)12-17/h9-15,18H,2-8H2,1H3. The van der Waals surface area contributed by atoms with Crippen molar-refractivity contribution < 1.29 is 49.0 Å². The molecule has 230 valence electrons. The Labute approximate surface area is 245 Å². The van der Waals surface area contributed by atoms with Gasteiger partial charge in [-0.2, -0.15) is 8.78 Å². The molecule has 1 aliphatic rings. The van der Waals surface area contributed by atoms with Crippen molar-refractivity contribution in [3.05, 3.63) is 87.6 Å². The Bertz CT molecular complexity index is 1600. The molecule has 0 radical (unpaired) electrons. The number of aryl methyl sites for hydroxylation is 1. The summed E-state index contributed by atoms with van der Waals surface area (Å²) in [5.74, 6) is -9.06. The quantitative estimate of drug-likeness (QED) is 0.135. The van der Waals surface area contributed by atoms with Gasteiger partial charge in [0.2, 0.25) is 0 Å².